The molecule has 27 heavy (non-hydrogen) atoms. The monoisotopic (exact) mass is 381 g/mol. The maximum atomic E-state index is 12.7. The van der Waals surface area contributed by atoms with Crippen molar-refractivity contribution < 1.29 is 22.6 Å². The SMILES string of the molecule is [NH-]Cc1cc(-c2ccc(C(F)(F)F)cc2)nc(OCCN2CCOCC2)n1. The van der Waals surface area contributed by atoms with Gasteiger partial charge in [-0.05, 0) is 18.2 Å². The van der Waals surface area contributed by atoms with E-state index in [-0.39, 0.29) is 12.6 Å². The van der Waals surface area contributed by atoms with E-state index in [1.807, 2.05) is 0 Å². The summed E-state index contributed by atoms with van der Waals surface area (Å²) < 4.78 is 49.1. The van der Waals surface area contributed by atoms with Gasteiger partial charge in [-0.25, -0.2) is 4.98 Å². The lowest BCUT2D eigenvalue weighted by atomic mass is 10.1. The second-order valence-corrected chi connectivity index (χ2v) is 6.08. The summed E-state index contributed by atoms with van der Waals surface area (Å²) in [6, 6.07) is 6.45. The topological polar surface area (TPSA) is 71.3 Å². The zero-order chi connectivity index (χ0) is 19.3. The molecule has 6 nitrogen and oxygen atoms in total. The molecule has 0 spiro atoms. The largest absolute Gasteiger partial charge is 0.672 e. The fourth-order valence-electron chi connectivity index (χ4n) is 2.70. The Morgan fingerprint density at radius 1 is 1.11 bits per heavy atom. The van der Waals surface area contributed by atoms with Crippen molar-refractivity contribution in [1.82, 2.24) is 14.9 Å². The van der Waals surface area contributed by atoms with Gasteiger partial charge < -0.3 is 15.2 Å². The van der Waals surface area contributed by atoms with Crippen molar-refractivity contribution in [3.63, 3.8) is 0 Å². The smallest absolute Gasteiger partial charge is 0.416 e. The van der Waals surface area contributed by atoms with Crippen molar-refractivity contribution in [3.05, 3.63) is 47.3 Å². The van der Waals surface area contributed by atoms with Gasteiger partial charge in [-0.3, -0.25) is 4.90 Å². The molecule has 1 N–H and O–H groups in total. The Kier molecular flexibility index (Phi) is 6.25. The minimum absolute atomic E-state index is 0.0734. The van der Waals surface area contributed by atoms with E-state index in [4.69, 9.17) is 15.2 Å². The summed E-state index contributed by atoms with van der Waals surface area (Å²) in [5.74, 6) is 0. The molecule has 0 bridgehead atoms. The molecule has 0 radical (unpaired) electrons. The van der Waals surface area contributed by atoms with Gasteiger partial charge in [0.15, 0.2) is 0 Å². The lowest BCUT2D eigenvalue weighted by molar-refractivity contribution is -0.137. The maximum absolute atomic E-state index is 12.7. The van der Waals surface area contributed by atoms with E-state index >= 15 is 0 Å². The number of halogens is 3. The summed E-state index contributed by atoms with van der Waals surface area (Å²) in [6.07, 6.45) is -4.38. The Bertz CT molecular complexity index is 747. The van der Waals surface area contributed by atoms with Crippen LogP contribution in [0.1, 0.15) is 11.3 Å². The van der Waals surface area contributed by atoms with Crippen molar-refractivity contribution in [3.8, 4) is 17.3 Å². The first-order chi connectivity index (χ1) is 13.0. The van der Waals surface area contributed by atoms with Crippen LogP contribution in [-0.2, 0) is 17.5 Å². The van der Waals surface area contributed by atoms with Crippen molar-refractivity contribution in [1.29, 1.82) is 0 Å². The molecular formula is C18H20F3N4O2-. The summed E-state index contributed by atoms with van der Waals surface area (Å²) in [7, 11) is 0. The van der Waals surface area contributed by atoms with E-state index in [1.165, 1.54) is 12.1 Å². The Hall–Kier alpha value is -2.23. The number of alkyl halides is 3. The van der Waals surface area contributed by atoms with Crippen LogP contribution in [0, 0.1) is 0 Å². The van der Waals surface area contributed by atoms with Crippen LogP contribution in [0.4, 0.5) is 13.2 Å². The zero-order valence-corrected chi connectivity index (χ0v) is 14.6. The predicted octanol–water partition coefficient (Wildman–Crippen LogP) is 3.43. The summed E-state index contributed by atoms with van der Waals surface area (Å²) in [5, 5.41) is 0. The molecule has 2 aromatic rings. The average Bonchev–Trinajstić information content (AvgIpc) is 2.68. The zero-order valence-electron chi connectivity index (χ0n) is 14.6. The number of hydrogen-bond donors (Lipinski definition) is 0. The number of hydrogen-bond acceptors (Lipinski definition) is 5. The van der Waals surface area contributed by atoms with Crippen LogP contribution >= 0.6 is 0 Å². The number of aromatic nitrogens is 2. The number of rotatable bonds is 6. The highest BCUT2D eigenvalue weighted by molar-refractivity contribution is 5.60. The first-order valence-corrected chi connectivity index (χ1v) is 8.59. The van der Waals surface area contributed by atoms with Crippen molar-refractivity contribution in [2.75, 3.05) is 39.5 Å². The fourth-order valence-corrected chi connectivity index (χ4v) is 2.70. The van der Waals surface area contributed by atoms with E-state index in [2.05, 4.69) is 14.9 Å². The molecule has 1 saturated heterocycles. The van der Waals surface area contributed by atoms with Crippen LogP contribution in [-0.4, -0.2) is 54.3 Å². The van der Waals surface area contributed by atoms with Gasteiger partial charge >= 0.3 is 12.2 Å². The molecule has 1 aliphatic rings. The van der Waals surface area contributed by atoms with Gasteiger partial charge in [0.1, 0.15) is 6.61 Å². The van der Waals surface area contributed by atoms with Crippen molar-refractivity contribution in [2.24, 2.45) is 0 Å². The van der Waals surface area contributed by atoms with Crippen LogP contribution in [0.2, 0.25) is 0 Å². The second-order valence-electron chi connectivity index (χ2n) is 6.08. The van der Waals surface area contributed by atoms with E-state index < -0.39 is 11.7 Å². The first kappa shape index (κ1) is 19.5. The highest BCUT2D eigenvalue weighted by Crippen LogP contribution is 2.31. The third-order valence-electron chi connectivity index (χ3n) is 4.19. The molecule has 3 rings (SSSR count). The Balaban J connectivity index is 1.71. The molecular weight excluding hydrogens is 361 g/mol. The average molecular weight is 381 g/mol. The Morgan fingerprint density at radius 3 is 2.44 bits per heavy atom. The lowest BCUT2D eigenvalue weighted by Gasteiger charge is -2.26. The second kappa shape index (κ2) is 8.64. The molecule has 1 aromatic carbocycles. The van der Waals surface area contributed by atoms with E-state index in [1.54, 1.807) is 6.07 Å². The third-order valence-corrected chi connectivity index (χ3v) is 4.19. The standard InChI is InChI=1S/C18H20F3N4O2/c19-18(20,21)14-3-1-13(2-4-14)16-11-15(12-22)23-17(24-16)27-10-7-25-5-8-26-9-6-25/h1-4,11,22H,5-10,12H2/q-1. The van der Waals surface area contributed by atoms with Gasteiger partial charge in [-0.2, -0.15) is 18.2 Å². The number of morpholine rings is 1. The minimum Gasteiger partial charge on any atom is -0.672 e. The van der Waals surface area contributed by atoms with Crippen LogP contribution < -0.4 is 4.74 Å². The van der Waals surface area contributed by atoms with E-state index in [9.17, 15) is 13.2 Å². The molecule has 0 aliphatic carbocycles. The summed E-state index contributed by atoms with van der Waals surface area (Å²) in [6.45, 7) is 4.09. The first-order valence-electron chi connectivity index (χ1n) is 8.59. The van der Waals surface area contributed by atoms with Gasteiger partial charge in [0.2, 0.25) is 0 Å². The molecule has 0 unspecified atom stereocenters. The van der Waals surface area contributed by atoms with Crippen LogP contribution in [0.5, 0.6) is 6.01 Å². The van der Waals surface area contributed by atoms with Crippen LogP contribution in [0.15, 0.2) is 30.3 Å². The van der Waals surface area contributed by atoms with Gasteiger partial charge in [0.25, 0.3) is 0 Å². The van der Waals surface area contributed by atoms with Gasteiger partial charge in [-0.15, -0.1) is 6.54 Å². The molecule has 9 heteroatoms. The van der Waals surface area contributed by atoms with Crippen LogP contribution in [0.25, 0.3) is 17.0 Å². The van der Waals surface area contributed by atoms with Crippen molar-refractivity contribution >= 4 is 0 Å². The molecule has 0 atom stereocenters. The van der Waals surface area contributed by atoms with Gasteiger partial charge in [0.05, 0.1) is 24.5 Å². The van der Waals surface area contributed by atoms with Crippen molar-refractivity contribution in [2.45, 2.75) is 12.7 Å². The van der Waals surface area contributed by atoms with Gasteiger partial charge in [0, 0.05) is 30.9 Å². The molecule has 2 heterocycles. The lowest BCUT2D eigenvalue weighted by Crippen LogP contribution is -2.38. The Labute approximate surface area is 155 Å². The molecule has 1 aliphatic heterocycles. The molecule has 1 fully saturated rings. The summed E-state index contributed by atoms with van der Waals surface area (Å²) in [5.41, 5.74) is 8.21. The normalized spacial score (nSPS) is 15.7. The number of benzene rings is 1. The van der Waals surface area contributed by atoms with Gasteiger partial charge in [-0.1, -0.05) is 12.1 Å². The molecule has 146 valence electrons. The summed E-state index contributed by atoms with van der Waals surface area (Å²) in [4.78, 5) is 10.7. The fraction of sp³-hybridized carbons (Fsp3) is 0.444. The molecule has 1 aromatic heterocycles. The van der Waals surface area contributed by atoms with E-state index in [0.717, 1.165) is 25.2 Å². The highest BCUT2D eigenvalue weighted by atomic mass is 19.4. The Morgan fingerprint density at radius 2 is 1.81 bits per heavy atom. The summed E-state index contributed by atoms with van der Waals surface area (Å²) >= 11 is 0. The maximum Gasteiger partial charge on any atom is 0.416 e. The molecule has 0 amide bonds. The van der Waals surface area contributed by atoms with Crippen LogP contribution in [0.3, 0.4) is 0 Å². The predicted molar refractivity (Wildman–Crippen MR) is 93.2 cm³/mol. The number of nitrogens with zero attached hydrogens (tertiary/aromatic N) is 3. The third kappa shape index (κ3) is 5.38. The molecule has 0 saturated carbocycles. The number of ether oxygens (including phenoxy) is 2. The van der Waals surface area contributed by atoms with E-state index in [0.29, 0.717) is 43.3 Å². The number of nitrogens with one attached hydrogen (secondary N) is 1. The quantitative estimate of drug-likeness (QED) is 0.767. The minimum atomic E-state index is -4.38. The highest BCUT2D eigenvalue weighted by Gasteiger charge is 2.30.